The van der Waals surface area contributed by atoms with Gasteiger partial charge in [-0.2, -0.15) is 5.10 Å². The summed E-state index contributed by atoms with van der Waals surface area (Å²) in [7, 11) is 0. The Bertz CT molecular complexity index is 791. The quantitative estimate of drug-likeness (QED) is 0.461. The number of hydrogen-bond donors (Lipinski definition) is 1. The molecule has 2 aromatic carbocycles. The number of hydrazone groups is 1. The molecule has 0 unspecified atom stereocenters. The Morgan fingerprint density at radius 1 is 1.32 bits per heavy atom. The van der Waals surface area contributed by atoms with Crippen molar-refractivity contribution in [1.82, 2.24) is 5.43 Å². The molecular formula is C17H16ClN3O4. The van der Waals surface area contributed by atoms with Crippen LogP contribution in [0.1, 0.15) is 29.3 Å². The number of nitrogens with zero attached hydrogens (tertiary/aromatic N) is 2. The van der Waals surface area contributed by atoms with Gasteiger partial charge in [0, 0.05) is 17.7 Å². The number of benzene rings is 2. The number of ether oxygens (including phenoxy) is 1. The molecule has 0 saturated carbocycles. The van der Waals surface area contributed by atoms with Crippen molar-refractivity contribution >= 4 is 29.4 Å². The van der Waals surface area contributed by atoms with E-state index >= 15 is 0 Å². The molecule has 0 aromatic heterocycles. The fraction of sp³-hybridized carbons (Fsp3) is 0.176. The highest BCUT2D eigenvalue weighted by Crippen LogP contribution is 2.25. The van der Waals surface area contributed by atoms with Gasteiger partial charge >= 0.3 is 0 Å². The number of nitrogens with one attached hydrogen (secondary N) is 1. The molecule has 0 aliphatic rings. The molecule has 0 atom stereocenters. The van der Waals surface area contributed by atoms with Gasteiger partial charge in [-0.3, -0.25) is 14.9 Å². The summed E-state index contributed by atoms with van der Waals surface area (Å²) in [6.07, 6.45) is 2.33. The van der Waals surface area contributed by atoms with Crippen LogP contribution in [-0.4, -0.2) is 23.7 Å². The summed E-state index contributed by atoms with van der Waals surface area (Å²) in [5.41, 5.74) is 3.23. The zero-order valence-corrected chi connectivity index (χ0v) is 14.2. The third-order valence-corrected chi connectivity index (χ3v) is 3.43. The fourth-order valence-corrected chi connectivity index (χ4v) is 2.13. The van der Waals surface area contributed by atoms with E-state index in [0.29, 0.717) is 22.9 Å². The molecule has 2 aromatic rings. The molecule has 0 heterocycles. The molecule has 0 bridgehead atoms. The average Bonchev–Trinajstić information content (AvgIpc) is 2.61. The van der Waals surface area contributed by atoms with Crippen molar-refractivity contribution in [3.05, 3.63) is 68.7 Å². The van der Waals surface area contributed by atoms with Gasteiger partial charge in [0.25, 0.3) is 11.6 Å². The van der Waals surface area contributed by atoms with E-state index in [2.05, 4.69) is 10.5 Å². The Kier molecular flexibility index (Phi) is 6.47. The molecule has 0 aliphatic carbocycles. The standard InChI is InChI=1S/C17H16ClN3O4/c1-2-9-25-16-8-3-12(10-15(16)18)11-19-20-17(22)13-4-6-14(7-5-13)21(23)24/h3-8,10-11H,2,9H2,1H3,(H,20,22)/b19-11+. The van der Waals surface area contributed by atoms with E-state index in [1.54, 1.807) is 18.2 Å². The number of nitro benzene ring substituents is 1. The normalized spacial score (nSPS) is 10.6. The van der Waals surface area contributed by atoms with Gasteiger partial charge in [0.05, 0.1) is 22.8 Å². The molecule has 0 radical (unpaired) electrons. The summed E-state index contributed by atoms with van der Waals surface area (Å²) in [4.78, 5) is 22.0. The fourth-order valence-electron chi connectivity index (χ4n) is 1.89. The Hall–Kier alpha value is -2.93. The molecule has 0 saturated heterocycles. The maximum atomic E-state index is 11.9. The van der Waals surface area contributed by atoms with Gasteiger partial charge in [0.2, 0.25) is 0 Å². The summed E-state index contributed by atoms with van der Waals surface area (Å²) in [5, 5.41) is 14.9. The van der Waals surface area contributed by atoms with E-state index in [1.807, 2.05) is 6.92 Å². The van der Waals surface area contributed by atoms with Crippen LogP contribution in [0.15, 0.2) is 47.6 Å². The van der Waals surface area contributed by atoms with Gasteiger partial charge in [-0.15, -0.1) is 0 Å². The zero-order chi connectivity index (χ0) is 18.2. The second kappa shape index (κ2) is 8.79. The number of hydrogen-bond acceptors (Lipinski definition) is 5. The monoisotopic (exact) mass is 361 g/mol. The van der Waals surface area contributed by atoms with Crippen LogP contribution in [0.3, 0.4) is 0 Å². The third-order valence-electron chi connectivity index (χ3n) is 3.14. The second-order valence-corrected chi connectivity index (χ2v) is 5.45. The zero-order valence-electron chi connectivity index (χ0n) is 13.4. The number of nitro groups is 1. The van der Waals surface area contributed by atoms with Gasteiger partial charge in [0.1, 0.15) is 5.75 Å². The highest BCUT2D eigenvalue weighted by atomic mass is 35.5. The van der Waals surface area contributed by atoms with Gasteiger partial charge < -0.3 is 4.74 Å². The molecule has 8 heteroatoms. The molecule has 0 spiro atoms. The smallest absolute Gasteiger partial charge is 0.271 e. The van der Waals surface area contributed by atoms with Crippen molar-refractivity contribution < 1.29 is 14.5 Å². The van der Waals surface area contributed by atoms with E-state index in [1.165, 1.54) is 30.5 Å². The first-order chi connectivity index (χ1) is 12.0. The van der Waals surface area contributed by atoms with Crippen LogP contribution in [0.25, 0.3) is 0 Å². The Labute approximate surface area is 149 Å². The summed E-state index contributed by atoms with van der Waals surface area (Å²) >= 11 is 6.11. The number of halogens is 1. The van der Waals surface area contributed by atoms with Crippen LogP contribution in [0.4, 0.5) is 5.69 Å². The molecule has 2 rings (SSSR count). The number of carbonyl (C=O) groups is 1. The molecular weight excluding hydrogens is 346 g/mol. The minimum absolute atomic E-state index is 0.0833. The third kappa shape index (κ3) is 5.29. The molecule has 7 nitrogen and oxygen atoms in total. The van der Waals surface area contributed by atoms with Gasteiger partial charge in [0.15, 0.2) is 0 Å². The van der Waals surface area contributed by atoms with Crippen LogP contribution in [-0.2, 0) is 0 Å². The minimum atomic E-state index is -0.530. The van der Waals surface area contributed by atoms with Gasteiger partial charge in [-0.1, -0.05) is 18.5 Å². The number of non-ortho nitro benzene ring substituents is 1. The minimum Gasteiger partial charge on any atom is -0.492 e. The Balaban J connectivity index is 1.96. The number of carbonyl (C=O) groups excluding carboxylic acids is 1. The molecule has 1 N–H and O–H groups in total. The van der Waals surface area contributed by atoms with Gasteiger partial charge in [-0.25, -0.2) is 5.43 Å². The van der Waals surface area contributed by atoms with Crippen LogP contribution < -0.4 is 10.2 Å². The summed E-state index contributed by atoms with van der Waals surface area (Å²) < 4.78 is 5.47. The lowest BCUT2D eigenvalue weighted by Crippen LogP contribution is -2.17. The van der Waals surface area contributed by atoms with E-state index in [0.717, 1.165) is 6.42 Å². The van der Waals surface area contributed by atoms with Gasteiger partial charge in [-0.05, 0) is 42.3 Å². The maximum absolute atomic E-state index is 11.9. The van der Waals surface area contributed by atoms with E-state index in [9.17, 15) is 14.9 Å². The second-order valence-electron chi connectivity index (χ2n) is 5.04. The topological polar surface area (TPSA) is 93.8 Å². The lowest BCUT2D eigenvalue weighted by molar-refractivity contribution is -0.384. The summed E-state index contributed by atoms with van der Waals surface area (Å²) in [6, 6.07) is 10.4. The van der Waals surface area contributed by atoms with Crippen LogP contribution >= 0.6 is 11.6 Å². The predicted molar refractivity (Wildman–Crippen MR) is 95.4 cm³/mol. The molecule has 0 fully saturated rings. The van der Waals surface area contributed by atoms with Crippen molar-refractivity contribution in [2.75, 3.05) is 6.61 Å². The first-order valence-corrected chi connectivity index (χ1v) is 7.89. The molecule has 25 heavy (non-hydrogen) atoms. The average molecular weight is 362 g/mol. The van der Waals surface area contributed by atoms with Crippen LogP contribution in [0, 0.1) is 10.1 Å². The number of rotatable bonds is 7. The van der Waals surface area contributed by atoms with Crippen molar-refractivity contribution in [3.63, 3.8) is 0 Å². The highest BCUT2D eigenvalue weighted by molar-refractivity contribution is 6.32. The van der Waals surface area contributed by atoms with E-state index < -0.39 is 10.8 Å². The maximum Gasteiger partial charge on any atom is 0.271 e. The highest BCUT2D eigenvalue weighted by Gasteiger charge is 2.08. The lowest BCUT2D eigenvalue weighted by atomic mass is 10.2. The van der Waals surface area contributed by atoms with E-state index in [-0.39, 0.29) is 11.3 Å². The van der Waals surface area contributed by atoms with Crippen molar-refractivity contribution in [2.24, 2.45) is 5.10 Å². The van der Waals surface area contributed by atoms with Crippen LogP contribution in [0.2, 0.25) is 5.02 Å². The first kappa shape index (κ1) is 18.4. The van der Waals surface area contributed by atoms with Crippen molar-refractivity contribution in [2.45, 2.75) is 13.3 Å². The lowest BCUT2D eigenvalue weighted by Gasteiger charge is -2.06. The summed E-state index contributed by atoms with van der Waals surface area (Å²) in [6.45, 7) is 2.58. The Morgan fingerprint density at radius 3 is 2.64 bits per heavy atom. The largest absolute Gasteiger partial charge is 0.492 e. The van der Waals surface area contributed by atoms with E-state index in [4.69, 9.17) is 16.3 Å². The van der Waals surface area contributed by atoms with Crippen LogP contribution in [0.5, 0.6) is 5.75 Å². The Morgan fingerprint density at radius 2 is 2.04 bits per heavy atom. The van der Waals surface area contributed by atoms with Crippen molar-refractivity contribution in [3.8, 4) is 5.75 Å². The molecule has 130 valence electrons. The molecule has 0 aliphatic heterocycles. The number of amides is 1. The first-order valence-electron chi connectivity index (χ1n) is 7.51. The van der Waals surface area contributed by atoms with Crippen molar-refractivity contribution in [1.29, 1.82) is 0 Å². The summed E-state index contributed by atoms with van der Waals surface area (Å²) in [5.74, 6) is 0.121. The SMILES string of the molecule is CCCOc1ccc(/C=N/NC(=O)c2ccc([N+](=O)[O-])cc2)cc1Cl. The predicted octanol–water partition coefficient (Wildman–Crippen LogP) is 3.80. The molecule has 1 amide bonds.